The third-order valence-corrected chi connectivity index (χ3v) is 4.05. The Bertz CT molecular complexity index is 670. The van der Waals surface area contributed by atoms with Crippen LogP contribution in [-0.4, -0.2) is 31.7 Å². The van der Waals surface area contributed by atoms with Gasteiger partial charge in [-0.15, -0.1) is 0 Å². The Labute approximate surface area is 148 Å². The molecule has 1 atom stereocenters. The van der Waals surface area contributed by atoms with E-state index >= 15 is 0 Å². The van der Waals surface area contributed by atoms with Gasteiger partial charge in [0.1, 0.15) is 12.4 Å². The molecule has 25 heavy (non-hydrogen) atoms. The zero-order chi connectivity index (χ0) is 17.3. The van der Waals surface area contributed by atoms with E-state index in [1.165, 1.54) is 0 Å². The topological polar surface area (TPSA) is 59.6 Å². The van der Waals surface area contributed by atoms with E-state index in [9.17, 15) is 4.79 Å². The Morgan fingerprint density at radius 2 is 2.00 bits per heavy atom. The second-order valence-corrected chi connectivity index (χ2v) is 6.10. The minimum Gasteiger partial charge on any atom is -0.489 e. The van der Waals surface area contributed by atoms with E-state index in [-0.39, 0.29) is 12.0 Å². The van der Waals surface area contributed by atoms with Crippen molar-refractivity contribution in [2.75, 3.05) is 19.7 Å². The fourth-order valence-corrected chi connectivity index (χ4v) is 2.72. The van der Waals surface area contributed by atoms with Gasteiger partial charge in [-0.2, -0.15) is 0 Å². The van der Waals surface area contributed by atoms with E-state index < -0.39 is 0 Å². The van der Waals surface area contributed by atoms with Gasteiger partial charge in [0.2, 0.25) is 5.91 Å². The van der Waals surface area contributed by atoms with Crippen molar-refractivity contribution in [1.82, 2.24) is 10.6 Å². The minimum absolute atomic E-state index is 0.00399. The van der Waals surface area contributed by atoms with E-state index in [0.717, 1.165) is 30.0 Å². The van der Waals surface area contributed by atoms with Gasteiger partial charge in [0.25, 0.3) is 0 Å². The molecule has 1 aliphatic rings. The van der Waals surface area contributed by atoms with Crippen molar-refractivity contribution in [3.05, 3.63) is 65.7 Å². The fourth-order valence-electron chi connectivity index (χ4n) is 2.72. The number of amides is 1. The first-order valence-electron chi connectivity index (χ1n) is 8.64. The molecule has 1 fully saturated rings. The lowest BCUT2D eigenvalue weighted by Gasteiger charge is -2.23. The number of benzene rings is 2. The molecule has 2 N–H and O–H groups in total. The van der Waals surface area contributed by atoms with Crippen LogP contribution >= 0.6 is 0 Å². The maximum Gasteiger partial charge on any atom is 0.222 e. The number of ether oxygens (including phenoxy) is 2. The summed E-state index contributed by atoms with van der Waals surface area (Å²) in [6, 6.07) is 17.9. The first-order valence-corrected chi connectivity index (χ1v) is 8.64. The first-order chi connectivity index (χ1) is 12.3. The predicted molar refractivity (Wildman–Crippen MR) is 96.3 cm³/mol. The average molecular weight is 340 g/mol. The van der Waals surface area contributed by atoms with Gasteiger partial charge in [-0.3, -0.25) is 4.79 Å². The molecular weight excluding hydrogens is 316 g/mol. The lowest BCUT2D eigenvalue weighted by Crippen LogP contribution is -2.41. The molecular formula is C20H24N2O3. The molecule has 132 valence electrons. The van der Waals surface area contributed by atoms with Crippen LogP contribution in [0.25, 0.3) is 0 Å². The van der Waals surface area contributed by atoms with Crippen LogP contribution in [0.4, 0.5) is 0 Å². The molecule has 2 aromatic carbocycles. The third kappa shape index (κ3) is 5.89. The van der Waals surface area contributed by atoms with E-state index in [4.69, 9.17) is 9.47 Å². The summed E-state index contributed by atoms with van der Waals surface area (Å²) < 4.78 is 11.4. The molecule has 1 aliphatic heterocycles. The van der Waals surface area contributed by atoms with E-state index in [1.807, 2.05) is 54.6 Å². The Morgan fingerprint density at radius 3 is 2.80 bits per heavy atom. The Balaban J connectivity index is 1.45. The monoisotopic (exact) mass is 340 g/mol. The number of carbonyl (C=O) groups is 1. The molecule has 2 aromatic rings. The number of hydrogen-bond donors (Lipinski definition) is 2. The fraction of sp³-hybridized carbons (Fsp3) is 0.350. The largest absolute Gasteiger partial charge is 0.489 e. The Kier molecular flexibility index (Phi) is 6.42. The highest BCUT2D eigenvalue weighted by molar-refractivity contribution is 5.76. The van der Waals surface area contributed by atoms with Crippen molar-refractivity contribution in [2.24, 2.45) is 0 Å². The zero-order valence-electron chi connectivity index (χ0n) is 14.2. The quantitative estimate of drug-likeness (QED) is 0.812. The van der Waals surface area contributed by atoms with Crippen LogP contribution in [0.3, 0.4) is 0 Å². The van der Waals surface area contributed by atoms with Crippen LogP contribution in [0, 0.1) is 0 Å². The molecule has 0 spiro atoms. The predicted octanol–water partition coefficient (Wildman–Crippen LogP) is 2.26. The van der Waals surface area contributed by atoms with Gasteiger partial charge < -0.3 is 20.1 Å². The summed E-state index contributed by atoms with van der Waals surface area (Å²) in [6.07, 6.45) is 0.353. The molecule has 1 saturated heterocycles. The van der Waals surface area contributed by atoms with Crippen LogP contribution in [0.2, 0.25) is 0 Å². The summed E-state index contributed by atoms with van der Waals surface area (Å²) in [4.78, 5) is 12.0. The van der Waals surface area contributed by atoms with Crippen molar-refractivity contribution in [3.63, 3.8) is 0 Å². The molecule has 1 unspecified atom stereocenters. The van der Waals surface area contributed by atoms with Crippen LogP contribution < -0.4 is 15.4 Å². The lowest BCUT2D eigenvalue weighted by molar-refractivity contribution is -0.124. The van der Waals surface area contributed by atoms with E-state index in [0.29, 0.717) is 26.2 Å². The normalized spacial score (nSPS) is 17.0. The van der Waals surface area contributed by atoms with Gasteiger partial charge in [0, 0.05) is 19.6 Å². The third-order valence-electron chi connectivity index (χ3n) is 4.05. The smallest absolute Gasteiger partial charge is 0.222 e. The summed E-state index contributed by atoms with van der Waals surface area (Å²) in [5, 5.41) is 6.17. The molecule has 1 amide bonds. The Hall–Kier alpha value is -2.37. The van der Waals surface area contributed by atoms with Gasteiger partial charge in [-0.1, -0.05) is 42.5 Å². The van der Waals surface area contributed by atoms with Gasteiger partial charge in [0.15, 0.2) is 0 Å². The van der Waals surface area contributed by atoms with Crippen LogP contribution in [-0.2, 0) is 22.7 Å². The summed E-state index contributed by atoms with van der Waals surface area (Å²) in [5.41, 5.74) is 2.14. The summed E-state index contributed by atoms with van der Waals surface area (Å²) >= 11 is 0. The van der Waals surface area contributed by atoms with E-state index in [2.05, 4.69) is 10.6 Å². The molecule has 5 nitrogen and oxygen atoms in total. The van der Waals surface area contributed by atoms with Crippen LogP contribution in [0.1, 0.15) is 17.5 Å². The lowest BCUT2D eigenvalue weighted by atomic mass is 10.2. The standard InChI is InChI=1S/C20H24N2O3/c23-20(12-19-14-21-9-10-24-19)22-13-17-7-4-8-18(11-17)25-15-16-5-2-1-3-6-16/h1-8,11,19,21H,9-10,12-15H2,(H,22,23). The Morgan fingerprint density at radius 1 is 1.16 bits per heavy atom. The molecule has 0 radical (unpaired) electrons. The molecule has 0 bridgehead atoms. The number of carbonyl (C=O) groups excluding carboxylic acids is 1. The number of rotatable bonds is 7. The maximum atomic E-state index is 12.0. The molecule has 0 saturated carbocycles. The molecule has 5 heteroatoms. The zero-order valence-corrected chi connectivity index (χ0v) is 14.2. The summed E-state index contributed by atoms with van der Waals surface area (Å²) in [7, 11) is 0. The van der Waals surface area contributed by atoms with Crippen molar-refractivity contribution in [2.45, 2.75) is 25.7 Å². The van der Waals surface area contributed by atoms with Crippen LogP contribution in [0.5, 0.6) is 5.75 Å². The minimum atomic E-state index is -0.0331. The first kappa shape index (κ1) is 17.5. The van der Waals surface area contributed by atoms with Crippen molar-refractivity contribution >= 4 is 5.91 Å². The second kappa shape index (κ2) is 9.20. The average Bonchev–Trinajstić information content (AvgIpc) is 2.67. The molecule has 1 heterocycles. The van der Waals surface area contributed by atoms with Gasteiger partial charge in [-0.25, -0.2) is 0 Å². The number of hydrogen-bond acceptors (Lipinski definition) is 4. The summed E-state index contributed by atoms with van der Waals surface area (Å²) in [6.45, 7) is 3.27. The van der Waals surface area contributed by atoms with Gasteiger partial charge in [-0.05, 0) is 23.3 Å². The molecule has 3 rings (SSSR count). The van der Waals surface area contributed by atoms with Crippen molar-refractivity contribution in [3.8, 4) is 5.75 Å². The van der Waals surface area contributed by atoms with Gasteiger partial charge in [0.05, 0.1) is 19.1 Å². The highest BCUT2D eigenvalue weighted by Crippen LogP contribution is 2.15. The SMILES string of the molecule is O=C(CC1CNCCO1)NCc1cccc(OCc2ccccc2)c1. The number of nitrogens with one attached hydrogen (secondary N) is 2. The molecule has 0 aliphatic carbocycles. The highest BCUT2D eigenvalue weighted by atomic mass is 16.5. The van der Waals surface area contributed by atoms with Crippen molar-refractivity contribution in [1.29, 1.82) is 0 Å². The van der Waals surface area contributed by atoms with Crippen molar-refractivity contribution < 1.29 is 14.3 Å². The molecule has 0 aromatic heterocycles. The van der Waals surface area contributed by atoms with E-state index in [1.54, 1.807) is 0 Å². The maximum absolute atomic E-state index is 12.0. The number of morpholine rings is 1. The van der Waals surface area contributed by atoms with Gasteiger partial charge >= 0.3 is 0 Å². The highest BCUT2D eigenvalue weighted by Gasteiger charge is 2.16. The summed E-state index contributed by atoms with van der Waals surface area (Å²) in [5.74, 6) is 0.805. The second-order valence-electron chi connectivity index (χ2n) is 6.10. The van der Waals surface area contributed by atoms with Crippen LogP contribution in [0.15, 0.2) is 54.6 Å².